The lowest BCUT2D eigenvalue weighted by molar-refractivity contribution is -0.295. The fourth-order valence-corrected chi connectivity index (χ4v) is 1.49. The third kappa shape index (κ3) is 3.72. The maximum absolute atomic E-state index is 13.3. The van der Waals surface area contributed by atoms with E-state index in [4.69, 9.17) is 0 Å². The van der Waals surface area contributed by atoms with Gasteiger partial charge in [0.05, 0.1) is 12.6 Å². The number of hydrogen-bond acceptors (Lipinski definition) is 0. The second-order valence-electron chi connectivity index (χ2n) is 4.78. The van der Waals surface area contributed by atoms with Gasteiger partial charge in [-0.25, -0.2) is 22.0 Å². The number of halogens is 13. The molecule has 0 rings (SSSR count). The first-order valence-electron chi connectivity index (χ1n) is 5.84. The van der Waals surface area contributed by atoms with Crippen LogP contribution in [0.3, 0.4) is 0 Å². The summed E-state index contributed by atoms with van der Waals surface area (Å²) in [7, 11) is 0. The molecule has 0 heterocycles. The Balaban J connectivity index is 5.88. The molecule has 0 aliphatic rings. The molecule has 0 aliphatic heterocycles. The highest BCUT2D eigenvalue weighted by Crippen LogP contribution is 2.51. The molecule has 0 fully saturated rings. The number of alkyl halides is 11. The summed E-state index contributed by atoms with van der Waals surface area (Å²) < 4.78 is 156. The normalized spacial score (nSPS) is 19.2. The maximum Gasteiger partial charge on any atom is 0.352 e. The molecule has 0 saturated heterocycles. The topological polar surface area (TPSA) is 0 Å². The Morgan fingerprint density at radius 1 is 0.917 bits per heavy atom. The van der Waals surface area contributed by atoms with Gasteiger partial charge in [-0.2, -0.15) is 26.3 Å². The smallest absolute Gasteiger partial charge is 0.251 e. The van der Waals surface area contributed by atoms with E-state index in [9.17, 15) is 52.7 Å². The number of rotatable bonds is 8. The number of allylic oxidation sites excluding steroid dienone is 1. The lowest BCUT2D eigenvalue weighted by atomic mass is 9.90. The third-order valence-corrected chi connectivity index (χ3v) is 3.35. The van der Waals surface area contributed by atoms with Crippen molar-refractivity contribution in [2.45, 2.75) is 43.0 Å². The van der Waals surface area contributed by atoms with Crippen LogP contribution in [-0.4, -0.2) is 42.7 Å². The van der Waals surface area contributed by atoms with Crippen molar-refractivity contribution in [2.24, 2.45) is 5.92 Å². The molecule has 0 spiro atoms. The molecular weight excluding hydrogens is 396 g/mol. The van der Waals surface area contributed by atoms with Gasteiger partial charge in [-0.05, 0) is 0 Å². The largest absolute Gasteiger partial charge is 0.352 e. The van der Waals surface area contributed by atoms with Crippen LogP contribution in [0.4, 0.5) is 52.7 Å². The molecular formula is C11H9ClF12. The van der Waals surface area contributed by atoms with Crippen molar-refractivity contribution in [3.05, 3.63) is 11.4 Å². The monoisotopic (exact) mass is 404 g/mol. The van der Waals surface area contributed by atoms with Crippen LogP contribution in [-0.2, 0) is 0 Å². The summed E-state index contributed by atoms with van der Waals surface area (Å²) in [4.78, 5) is 0. The average Bonchev–Trinajstić information content (AvgIpc) is 2.50. The second-order valence-corrected chi connectivity index (χ2v) is 5.19. The van der Waals surface area contributed by atoms with Crippen molar-refractivity contribution < 1.29 is 52.7 Å². The van der Waals surface area contributed by atoms with Gasteiger partial charge in [0.25, 0.3) is 5.92 Å². The van der Waals surface area contributed by atoms with Crippen molar-refractivity contribution in [1.29, 1.82) is 0 Å². The highest BCUT2D eigenvalue weighted by Gasteiger charge is 2.74. The van der Waals surface area contributed by atoms with E-state index in [1.54, 1.807) is 0 Å². The Kier molecular flexibility index (Phi) is 6.96. The van der Waals surface area contributed by atoms with Crippen LogP contribution in [0.25, 0.3) is 0 Å². The zero-order valence-electron chi connectivity index (χ0n) is 11.4. The summed E-state index contributed by atoms with van der Waals surface area (Å²) in [6.45, 7) is -1.89. The highest BCUT2D eigenvalue weighted by molar-refractivity contribution is 6.30. The molecule has 0 aliphatic carbocycles. The van der Waals surface area contributed by atoms with Crippen LogP contribution in [0, 0.1) is 5.92 Å². The minimum atomic E-state index is -6.56. The molecule has 144 valence electrons. The van der Waals surface area contributed by atoms with E-state index in [1.807, 2.05) is 0 Å². The second kappa shape index (κ2) is 7.20. The van der Waals surface area contributed by atoms with Crippen LogP contribution in [0.1, 0.15) is 6.92 Å². The van der Waals surface area contributed by atoms with Gasteiger partial charge in [0.2, 0.25) is 12.3 Å². The van der Waals surface area contributed by atoms with E-state index in [0.717, 1.165) is 0 Å². The molecule has 0 amide bonds. The molecule has 0 aromatic heterocycles. The van der Waals surface area contributed by atoms with E-state index >= 15 is 0 Å². The minimum absolute atomic E-state index is 0.200. The van der Waals surface area contributed by atoms with Gasteiger partial charge in [0.1, 0.15) is 11.4 Å². The van der Waals surface area contributed by atoms with Crippen molar-refractivity contribution in [2.75, 3.05) is 6.67 Å². The summed E-state index contributed by atoms with van der Waals surface area (Å²) in [5, 5.41) is -2.72. The summed E-state index contributed by atoms with van der Waals surface area (Å²) >= 11 is 4.33. The molecule has 0 saturated carbocycles. The molecule has 24 heavy (non-hydrogen) atoms. The first kappa shape index (κ1) is 23.2. The molecule has 0 bridgehead atoms. The van der Waals surface area contributed by atoms with Crippen LogP contribution >= 0.6 is 11.6 Å². The van der Waals surface area contributed by atoms with Gasteiger partial charge >= 0.3 is 17.8 Å². The Morgan fingerprint density at radius 2 is 1.33 bits per heavy atom. The van der Waals surface area contributed by atoms with Crippen LogP contribution in [0.2, 0.25) is 0 Å². The molecule has 0 aromatic rings. The highest BCUT2D eigenvalue weighted by atomic mass is 35.5. The van der Waals surface area contributed by atoms with Crippen molar-refractivity contribution >= 4 is 11.6 Å². The van der Waals surface area contributed by atoms with Gasteiger partial charge in [0.15, 0.2) is 0 Å². The predicted octanol–water partition coefficient (Wildman–Crippen LogP) is 5.86. The Morgan fingerprint density at radius 3 is 1.67 bits per heavy atom. The fourth-order valence-electron chi connectivity index (χ4n) is 1.37. The van der Waals surface area contributed by atoms with Gasteiger partial charge < -0.3 is 0 Å². The molecule has 3 atom stereocenters. The standard InChI is InChI=1S/C11H9ClF12/c1-4(2-13)8(17,18)6(15)9(19,20)7(16)11(23,24)10(21,22)5(12)3-14/h3-4,6-7H,2H2,1H3. The lowest BCUT2D eigenvalue weighted by Crippen LogP contribution is -2.61. The van der Waals surface area contributed by atoms with E-state index in [0.29, 0.717) is 0 Å². The lowest BCUT2D eigenvalue weighted by Gasteiger charge is -2.36. The predicted molar refractivity (Wildman–Crippen MR) is 59.8 cm³/mol. The number of hydrogen-bond donors (Lipinski definition) is 0. The van der Waals surface area contributed by atoms with Crippen LogP contribution < -0.4 is 0 Å². The first-order valence-corrected chi connectivity index (χ1v) is 6.22. The minimum Gasteiger partial charge on any atom is -0.251 e. The first-order chi connectivity index (χ1) is 10.5. The average molecular weight is 405 g/mol. The van der Waals surface area contributed by atoms with Gasteiger partial charge in [-0.3, -0.25) is 4.39 Å². The van der Waals surface area contributed by atoms with Crippen molar-refractivity contribution in [3.63, 3.8) is 0 Å². The van der Waals surface area contributed by atoms with E-state index in [1.165, 1.54) is 0 Å². The van der Waals surface area contributed by atoms with E-state index < -0.39 is 60.0 Å². The van der Waals surface area contributed by atoms with E-state index in [2.05, 4.69) is 11.6 Å². The summed E-state index contributed by atoms with van der Waals surface area (Å²) in [6, 6.07) is 0. The summed E-state index contributed by atoms with van der Waals surface area (Å²) in [5.41, 5.74) is 0. The van der Waals surface area contributed by atoms with Gasteiger partial charge in [-0.1, -0.05) is 18.5 Å². The van der Waals surface area contributed by atoms with Crippen LogP contribution in [0.5, 0.6) is 0 Å². The van der Waals surface area contributed by atoms with Crippen LogP contribution in [0.15, 0.2) is 11.4 Å². The van der Waals surface area contributed by atoms with Crippen molar-refractivity contribution in [3.8, 4) is 0 Å². The summed E-state index contributed by atoms with van der Waals surface area (Å²) in [6.07, 6.45) is -12.0. The Labute approximate surface area is 132 Å². The maximum atomic E-state index is 13.3. The quantitative estimate of drug-likeness (QED) is 0.445. The SMILES string of the molecule is CC(CF)C(F)(F)C(F)C(F)(F)C(F)C(F)(F)C(F)(F)C(Cl)=CF. The zero-order chi connectivity index (χ0) is 19.7. The Bertz CT molecular complexity index is 460. The Hall–Kier alpha value is -0.810. The summed E-state index contributed by atoms with van der Waals surface area (Å²) in [5.74, 6) is -27.2. The molecule has 0 radical (unpaired) electrons. The van der Waals surface area contributed by atoms with Gasteiger partial charge in [0, 0.05) is 0 Å². The van der Waals surface area contributed by atoms with Gasteiger partial charge in [-0.15, -0.1) is 0 Å². The molecule has 0 nitrogen and oxygen atoms in total. The third-order valence-electron chi connectivity index (χ3n) is 3.03. The van der Waals surface area contributed by atoms with Crippen molar-refractivity contribution in [1.82, 2.24) is 0 Å². The zero-order valence-corrected chi connectivity index (χ0v) is 12.2. The molecule has 3 unspecified atom stereocenters. The molecule has 0 aromatic carbocycles. The fraction of sp³-hybridized carbons (Fsp3) is 0.818. The van der Waals surface area contributed by atoms with E-state index in [-0.39, 0.29) is 6.92 Å². The molecule has 0 N–H and O–H groups in total. The molecule has 13 heteroatoms.